The van der Waals surface area contributed by atoms with Gasteiger partial charge in [-0.25, -0.2) is 0 Å². The molecule has 106 valence electrons. The fourth-order valence-corrected chi connectivity index (χ4v) is 1.67. The van der Waals surface area contributed by atoms with E-state index in [1.165, 1.54) is 0 Å². The van der Waals surface area contributed by atoms with E-state index in [4.69, 9.17) is 16.9 Å². The summed E-state index contributed by atoms with van der Waals surface area (Å²) in [6.45, 7) is 0.576. The van der Waals surface area contributed by atoms with Crippen molar-refractivity contribution in [3.63, 3.8) is 0 Å². The summed E-state index contributed by atoms with van der Waals surface area (Å²) in [4.78, 5) is 25.0. The maximum Gasteiger partial charge on any atom is 0.271 e. The van der Waals surface area contributed by atoms with Crippen LogP contribution in [0.15, 0.2) is 24.3 Å². The van der Waals surface area contributed by atoms with Gasteiger partial charge in [0.1, 0.15) is 0 Å². The van der Waals surface area contributed by atoms with Gasteiger partial charge in [0, 0.05) is 13.0 Å². The standard InChI is InChI=1S/C13H15ClN4O2/c1-18(8-4-7-15)9-12(19)16-17-13(20)10-5-2-3-6-11(10)14/h2-3,5-6H,4,8-9H2,1H3,(H,16,19)(H,17,20). The first-order valence-electron chi connectivity index (χ1n) is 5.93. The predicted molar refractivity (Wildman–Crippen MR) is 74.8 cm³/mol. The summed E-state index contributed by atoms with van der Waals surface area (Å²) in [5.74, 6) is -0.852. The highest BCUT2D eigenvalue weighted by Gasteiger charge is 2.11. The molecule has 6 nitrogen and oxygen atoms in total. The van der Waals surface area contributed by atoms with Gasteiger partial charge in [0.2, 0.25) is 0 Å². The molecule has 2 N–H and O–H groups in total. The third kappa shape index (κ3) is 5.26. The van der Waals surface area contributed by atoms with Gasteiger partial charge in [-0.1, -0.05) is 23.7 Å². The number of carbonyl (C=O) groups is 2. The lowest BCUT2D eigenvalue weighted by molar-refractivity contribution is -0.122. The largest absolute Gasteiger partial charge is 0.297 e. The first-order valence-corrected chi connectivity index (χ1v) is 6.31. The topological polar surface area (TPSA) is 85.2 Å². The lowest BCUT2D eigenvalue weighted by Crippen LogP contribution is -2.46. The Morgan fingerprint density at radius 1 is 1.35 bits per heavy atom. The van der Waals surface area contributed by atoms with Crippen molar-refractivity contribution < 1.29 is 9.59 Å². The molecule has 2 amide bonds. The quantitative estimate of drug-likeness (QED) is 0.792. The Labute approximate surface area is 122 Å². The molecule has 0 saturated carbocycles. The molecule has 0 aliphatic heterocycles. The minimum atomic E-state index is -0.483. The molecule has 7 heteroatoms. The molecule has 0 aliphatic rings. The Balaban J connectivity index is 2.40. The molecule has 0 aliphatic carbocycles. The van der Waals surface area contributed by atoms with Gasteiger partial charge in [0.25, 0.3) is 11.8 Å². The number of nitrogens with zero attached hydrogens (tertiary/aromatic N) is 2. The highest BCUT2D eigenvalue weighted by Crippen LogP contribution is 2.13. The van der Waals surface area contributed by atoms with Crippen LogP contribution >= 0.6 is 11.6 Å². The summed E-state index contributed by atoms with van der Waals surface area (Å²) in [6.07, 6.45) is 0.343. The van der Waals surface area contributed by atoms with Crippen molar-refractivity contribution >= 4 is 23.4 Å². The van der Waals surface area contributed by atoms with E-state index in [2.05, 4.69) is 10.9 Å². The van der Waals surface area contributed by atoms with Crippen LogP contribution in [0.1, 0.15) is 16.8 Å². The molecule has 0 aromatic heterocycles. The van der Waals surface area contributed by atoms with Gasteiger partial charge in [-0.3, -0.25) is 25.3 Å². The van der Waals surface area contributed by atoms with Crippen LogP contribution in [-0.4, -0.2) is 36.9 Å². The molecule has 20 heavy (non-hydrogen) atoms. The van der Waals surface area contributed by atoms with E-state index in [-0.39, 0.29) is 18.0 Å². The van der Waals surface area contributed by atoms with Gasteiger partial charge in [0.15, 0.2) is 0 Å². The maximum atomic E-state index is 11.8. The van der Waals surface area contributed by atoms with Crippen LogP contribution in [0.4, 0.5) is 0 Å². The van der Waals surface area contributed by atoms with Crippen molar-refractivity contribution in [1.29, 1.82) is 5.26 Å². The highest BCUT2D eigenvalue weighted by molar-refractivity contribution is 6.33. The molecule has 0 radical (unpaired) electrons. The van der Waals surface area contributed by atoms with Crippen LogP contribution in [0.2, 0.25) is 5.02 Å². The second-order valence-electron chi connectivity index (χ2n) is 4.13. The van der Waals surface area contributed by atoms with Crippen molar-refractivity contribution in [3.05, 3.63) is 34.9 Å². The van der Waals surface area contributed by atoms with Crippen LogP contribution in [0.3, 0.4) is 0 Å². The molecule has 0 saturated heterocycles. The van der Waals surface area contributed by atoms with Crippen molar-refractivity contribution in [2.45, 2.75) is 6.42 Å². The third-order valence-electron chi connectivity index (χ3n) is 2.45. The van der Waals surface area contributed by atoms with Gasteiger partial charge in [-0.15, -0.1) is 0 Å². The number of likely N-dealkylation sites (N-methyl/N-ethyl adjacent to an activating group) is 1. The molecule has 1 aromatic carbocycles. The van der Waals surface area contributed by atoms with Crippen LogP contribution in [0.5, 0.6) is 0 Å². The zero-order valence-electron chi connectivity index (χ0n) is 11.0. The second-order valence-corrected chi connectivity index (χ2v) is 4.54. The number of amides is 2. The summed E-state index contributed by atoms with van der Waals surface area (Å²) in [6, 6.07) is 8.53. The van der Waals surface area contributed by atoms with Crippen molar-refractivity contribution in [3.8, 4) is 6.07 Å². The van der Waals surface area contributed by atoms with Crippen molar-refractivity contribution in [1.82, 2.24) is 15.8 Å². The van der Waals surface area contributed by atoms with E-state index in [0.717, 1.165) is 0 Å². The fraction of sp³-hybridized carbons (Fsp3) is 0.308. The van der Waals surface area contributed by atoms with E-state index in [1.54, 1.807) is 36.2 Å². The third-order valence-corrected chi connectivity index (χ3v) is 2.78. The Hall–Kier alpha value is -2.10. The molecule has 0 atom stereocenters. The molecular formula is C13H15ClN4O2. The molecular weight excluding hydrogens is 280 g/mol. The number of halogens is 1. The molecule has 1 aromatic rings. The van der Waals surface area contributed by atoms with Crippen LogP contribution in [0, 0.1) is 11.3 Å². The van der Waals surface area contributed by atoms with Gasteiger partial charge >= 0.3 is 0 Å². The number of rotatable bonds is 5. The number of hydrogen-bond donors (Lipinski definition) is 2. The smallest absolute Gasteiger partial charge is 0.271 e. The van der Waals surface area contributed by atoms with Crippen LogP contribution in [-0.2, 0) is 4.79 Å². The highest BCUT2D eigenvalue weighted by atomic mass is 35.5. The summed E-state index contributed by atoms with van der Waals surface area (Å²) in [5, 5.41) is 8.74. The summed E-state index contributed by atoms with van der Waals surface area (Å²) in [7, 11) is 1.72. The van der Waals surface area contributed by atoms with Crippen LogP contribution < -0.4 is 10.9 Å². The number of benzene rings is 1. The minimum Gasteiger partial charge on any atom is -0.297 e. The van der Waals surface area contributed by atoms with Crippen molar-refractivity contribution in [2.75, 3.05) is 20.1 Å². The number of carbonyl (C=O) groups excluding carboxylic acids is 2. The van der Waals surface area contributed by atoms with Gasteiger partial charge in [-0.05, 0) is 19.2 Å². The predicted octanol–water partition coefficient (Wildman–Crippen LogP) is 0.946. The molecule has 0 fully saturated rings. The Morgan fingerprint density at radius 3 is 2.70 bits per heavy atom. The number of nitrogens with one attached hydrogen (secondary N) is 2. The molecule has 0 unspecified atom stereocenters. The Bertz CT molecular complexity index is 527. The minimum absolute atomic E-state index is 0.0878. The molecule has 0 spiro atoms. The SMILES string of the molecule is CN(CCC#N)CC(=O)NNC(=O)c1ccccc1Cl. The van der Waals surface area contributed by atoms with Crippen molar-refractivity contribution in [2.24, 2.45) is 0 Å². The van der Waals surface area contributed by atoms with Gasteiger partial charge in [-0.2, -0.15) is 5.26 Å². The monoisotopic (exact) mass is 294 g/mol. The fourth-order valence-electron chi connectivity index (χ4n) is 1.44. The first-order chi connectivity index (χ1) is 9.54. The van der Waals surface area contributed by atoms with E-state index in [1.807, 2.05) is 6.07 Å². The normalized spacial score (nSPS) is 9.90. The zero-order valence-corrected chi connectivity index (χ0v) is 11.8. The van der Waals surface area contributed by atoms with E-state index < -0.39 is 5.91 Å². The van der Waals surface area contributed by atoms with Gasteiger partial charge in [0.05, 0.1) is 23.2 Å². The Kier molecular flexibility index (Phi) is 6.50. The number of nitriles is 1. The summed E-state index contributed by atoms with van der Waals surface area (Å²) in [5.41, 5.74) is 4.86. The first kappa shape index (κ1) is 16.0. The average Bonchev–Trinajstić information content (AvgIpc) is 2.43. The van der Waals surface area contributed by atoms with E-state index in [0.29, 0.717) is 18.0 Å². The molecule has 1 rings (SSSR count). The van der Waals surface area contributed by atoms with E-state index >= 15 is 0 Å². The number of hydrazine groups is 1. The zero-order chi connectivity index (χ0) is 15.0. The molecule has 0 bridgehead atoms. The number of hydrogen-bond acceptors (Lipinski definition) is 4. The lowest BCUT2D eigenvalue weighted by Gasteiger charge is -2.14. The van der Waals surface area contributed by atoms with Crippen LogP contribution in [0.25, 0.3) is 0 Å². The average molecular weight is 295 g/mol. The van der Waals surface area contributed by atoms with E-state index in [9.17, 15) is 9.59 Å². The second kappa shape index (κ2) is 8.15. The summed E-state index contributed by atoms with van der Waals surface area (Å²) < 4.78 is 0. The summed E-state index contributed by atoms with van der Waals surface area (Å²) >= 11 is 5.86. The lowest BCUT2D eigenvalue weighted by atomic mass is 10.2. The van der Waals surface area contributed by atoms with Gasteiger partial charge < -0.3 is 0 Å². The Morgan fingerprint density at radius 2 is 2.05 bits per heavy atom. The molecule has 0 heterocycles. The maximum absolute atomic E-state index is 11.8.